The number of allylic oxidation sites excluding steroid dienone is 1. The van der Waals surface area contributed by atoms with Crippen LogP contribution in [-0.2, 0) is 5.54 Å². The van der Waals surface area contributed by atoms with Crippen LogP contribution in [0.2, 0.25) is 0 Å². The number of rotatable bonds is 7. The molecule has 0 atom stereocenters. The van der Waals surface area contributed by atoms with Crippen molar-refractivity contribution in [1.82, 2.24) is 9.55 Å². The number of hydrogen-bond acceptors (Lipinski definition) is 2. The van der Waals surface area contributed by atoms with Crippen LogP contribution in [0.3, 0.4) is 0 Å². The van der Waals surface area contributed by atoms with Gasteiger partial charge in [0.2, 0.25) is 0 Å². The molecule has 0 unspecified atom stereocenters. The van der Waals surface area contributed by atoms with Crippen LogP contribution in [0.4, 0.5) is 0 Å². The number of carbonyl (C=O) groups is 1. The van der Waals surface area contributed by atoms with Crippen LogP contribution in [-0.4, -0.2) is 15.3 Å². The maximum absolute atomic E-state index is 13.1. The molecular weight excluding hydrogens is 476 g/mol. The van der Waals surface area contributed by atoms with E-state index < -0.39 is 5.54 Å². The molecule has 0 aliphatic heterocycles. The molecule has 6 aromatic rings. The minimum Gasteiger partial charge on any atom is -0.316 e. The van der Waals surface area contributed by atoms with E-state index in [-0.39, 0.29) is 5.78 Å². The molecule has 0 aliphatic carbocycles. The SMILES string of the molecule is Cc1c(/C=C/C(=O)c2ccc3ccccc3c2)ncn1C(c1ccccc1)(c1ccccc1)c1ccccc1. The number of benzene rings is 5. The third-order valence-electron chi connectivity index (χ3n) is 7.41. The fourth-order valence-corrected chi connectivity index (χ4v) is 5.47. The zero-order chi connectivity index (χ0) is 26.7. The number of nitrogens with zero attached hydrogens (tertiary/aromatic N) is 2. The number of hydrogen-bond donors (Lipinski definition) is 0. The van der Waals surface area contributed by atoms with Crippen LogP contribution in [0.15, 0.2) is 146 Å². The Balaban J connectivity index is 1.47. The Morgan fingerprint density at radius 1 is 0.667 bits per heavy atom. The molecule has 1 aromatic heterocycles. The standard InChI is InChI=1S/C36H28N2O/c1-27-34(23-24-35(39)30-22-21-28-13-11-12-14-29(28)25-30)37-26-38(27)36(31-15-5-2-6-16-31,32-17-7-3-8-18-32)33-19-9-4-10-20-33/h2-26H,1H3/b24-23+. The van der Waals surface area contributed by atoms with Gasteiger partial charge in [0, 0.05) is 11.3 Å². The number of imidazole rings is 1. The largest absolute Gasteiger partial charge is 0.316 e. The fourth-order valence-electron chi connectivity index (χ4n) is 5.47. The van der Waals surface area contributed by atoms with Gasteiger partial charge in [0.25, 0.3) is 0 Å². The Morgan fingerprint density at radius 2 is 1.18 bits per heavy atom. The summed E-state index contributed by atoms with van der Waals surface area (Å²) in [7, 11) is 0. The first kappa shape index (κ1) is 24.3. The van der Waals surface area contributed by atoms with Crippen molar-refractivity contribution in [3.8, 4) is 0 Å². The highest BCUT2D eigenvalue weighted by Gasteiger charge is 2.39. The number of aromatic nitrogens is 2. The van der Waals surface area contributed by atoms with Gasteiger partial charge in [0.15, 0.2) is 5.78 Å². The summed E-state index contributed by atoms with van der Waals surface area (Å²) in [5.41, 5.74) is 5.14. The van der Waals surface area contributed by atoms with E-state index in [1.54, 1.807) is 6.08 Å². The number of ketones is 1. The van der Waals surface area contributed by atoms with Crippen LogP contribution in [0, 0.1) is 6.92 Å². The highest BCUT2D eigenvalue weighted by atomic mass is 16.1. The van der Waals surface area contributed by atoms with Gasteiger partial charge in [-0.25, -0.2) is 4.98 Å². The lowest BCUT2D eigenvalue weighted by Crippen LogP contribution is -2.38. The lowest BCUT2D eigenvalue weighted by molar-refractivity contribution is 0.104. The lowest BCUT2D eigenvalue weighted by Gasteiger charge is -2.38. The second kappa shape index (κ2) is 10.4. The van der Waals surface area contributed by atoms with E-state index >= 15 is 0 Å². The summed E-state index contributed by atoms with van der Waals surface area (Å²) in [6.07, 6.45) is 5.34. The average molecular weight is 505 g/mol. The smallest absolute Gasteiger partial charge is 0.185 e. The topological polar surface area (TPSA) is 34.9 Å². The predicted molar refractivity (Wildman–Crippen MR) is 159 cm³/mol. The Hall–Kier alpha value is -5.02. The van der Waals surface area contributed by atoms with Crippen LogP contribution in [0.5, 0.6) is 0 Å². The van der Waals surface area contributed by atoms with Gasteiger partial charge in [-0.3, -0.25) is 4.79 Å². The predicted octanol–water partition coefficient (Wildman–Crippen LogP) is 8.08. The van der Waals surface area contributed by atoms with Crippen LogP contribution in [0.1, 0.15) is 38.4 Å². The lowest BCUT2D eigenvalue weighted by atomic mass is 9.76. The first-order chi connectivity index (χ1) is 19.2. The van der Waals surface area contributed by atoms with Gasteiger partial charge in [0.1, 0.15) is 5.54 Å². The molecule has 0 saturated heterocycles. The van der Waals surface area contributed by atoms with E-state index in [1.165, 1.54) is 0 Å². The minimum atomic E-state index is -0.644. The van der Waals surface area contributed by atoms with Crippen molar-refractivity contribution < 1.29 is 4.79 Å². The molecule has 6 rings (SSSR count). The summed E-state index contributed by atoms with van der Waals surface area (Å²) in [4.78, 5) is 17.9. The van der Waals surface area contributed by atoms with Gasteiger partial charge in [0.05, 0.1) is 12.0 Å². The van der Waals surface area contributed by atoms with Crippen molar-refractivity contribution in [3.63, 3.8) is 0 Å². The van der Waals surface area contributed by atoms with Gasteiger partial charge < -0.3 is 4.57 Å². The molecule has 0 fully saturated rings. The molecule has 0 amide bonds. The molecule has 39 heavy (non-hydrogen) atoms. The van der Waals surface area contributed by atoms with Crippen molar-refractivity contribution in [1.29, 1.82) is 0 Å². The molecular formula is C36H28N2O. The molecule has 1 heterocycles. The van der Waals surface area contributed by atoms with Crippen molar-refractivity contribution in [2.75, 3.05) is 0 Å². The third-order valence-corrected chi connectivity index (χ3v) is 7.41. The molecule has 0 saturated carbocycles. The first-order valence-corrected chi connectivity index (χ1v) is 13.1. The normalized spacial score (nSPS) is 11.7. The van der Waals surface area contributed by atoms with E-state index in [9.17, 15) is 4.79 Å². The van der Waals surface area contributed by atoms with E-state index in [0.717, 1.165) is 38.9 Å². The van der Waals surface area contributed by atoms with E-state index in [0.29, 0.717) is 5.56 Å². The second-order valence-corrected chi connectivity index (χ2v) is 9.65. The maximum atomic E-state index is 13.1. The zero-order valence-corrected chi connectivity index (χ0v) is 21.7. The Bertz CT molecular complexity index is 1670. The van der Waals surface area contributed by atoms with E-state index in [4.69, 9.17) is 4.98 Å². The van der Waals surface area contributed by atoms with Crippen molar-refractivity contribution in [2.24, 2.45) is 0 Å². The highest BCUT2D eigenvalue weighted by Crippen LogP contribution is 2.41. The summed E-state index contributed by atoms with van der Waals surface area (Å²) in [6, 6.07) is 45.4. The minimum absolute atomic E-state index is 0.0462. The second-order valence-electron chi connectivity index (χ2n) is 9.65. The third kappa shape index (κ3) is 4.38. The number of fused-ring (bicyclic) bond motifs is 1. The summed E-state index contributed by atoms with van der Waals surface area (Å²) < 4.78 is 2.23. The molecule has 3 nitrogen and oxygen atoms in total. The number of carbonyl (C=O) groups excluding carboxylic acids is 1. The Kier molecular flexibility index (Phi) is 6.48. The van der Waals surface area contributed by atoms with E-state index in [1.807, 2.05) is 73.1 Å². The van der Waals surface area contributed by atoms with Crippen molar-refractivity contribution >= 4 is 22.6 Å². The van der Waals surface area contributed by atoms with Gasteiger partial charge in [-0.2, -0.15) is 0 Å². The van der Waals surface area contributed by atoms with Crippen LogP contribution < -0.4 is 0 Å². The average Bonchev–Trinajstić information content (AvgIpc) is 3.37. The molecule has 5 aromatic carbocycles. The zero-order valence-electron chi connectivity index (χ0n) is 21.7. The van der Waals surface area contributed by atoms with Crippen LogP contribution >= 0.6 is 0 Å². The molecule has 3 heteroatoms. The van der Waals surface area contributed by atoms with Gasteiger partial charge in [-0.05, 0) is 52.6 Å². The molecule has 0 bridgehead atoms. The molecule has 188 valence electrons. The molecule has 0 N–H and O–H groups in total. The monoisotopic (exact) mass is 504 g/mol. The van der Waals surface area contributed by atoms with Gasteiger partial charge >= 0.3 is 0 Å². The Morgan fingerprint density at radius 3 is 1.74 bits per heavy atom. The van der Waals surface area contributed by atoms with E-state index in [2.05, 4.69) is 84.3 Å². The highest BCUT2D eigenvalue weighted by molar-refractivity contribution is 6.08. The molecule has 0 aliphatic rings. The summed E-state index contributed by atoms with van der Waals surface area (Å²) in [6.45, 7) is 2.07. The van der Waals surface area contributed by atoms with Crippen molar-refractivity contribution in [2.45, 2.75) is 12.5 Å². The van der Waals surface area contributed by atoms with Crippen LogP contribution in [0.25, 0.3) is 16.8 Å². The van der Waals surface area contributed by atoms with Crippen molar-refractivity contribution in [3.05, 3.63) is 180 Å². The summed E-state index contributed by atoms with van der Waals surface area (Å²) in [5.74, 6) is -0.0462. The summed E-state index contributed by atoms with van der Waals surface area (Å²) >= 11 is 0. The maximum Gasteiger partial charge on any atom is 0.185 e. The fraction of sp³-hybridized carbons (Fsp3) is 0.0556. The first-order valence-electron chi connectivity index (χ1n) is 13.1. The van der Waals surface area contributed by atoms with Gasteiger partial charge in [-0.15, -0.1) is 0 Å². The Labute approximate surface area is 228 Å². The molecule has 0 spiro atoms. The quantitative estimate of drug-likeness (QED) is 0.125. The molecule has 0 radical (unpaired) electrons. The van der Waals surface area contributed by atoms with Gasteiger partial charge in [-0.1, -0.05) is 127 Å². The summed E-state index contributed by atoms with van der Waals surface area (Å²) in [5, 5.41) is 2.17.